The maximum absolute atomic E-state index is 12.7. The van der Waals surface area contributed by atoms with Gasteiger partial charge in [0.2, 0.25) is 5.95 Å². The number of amides is 1. The van der Waals surface area contributed by atoms with Gasteiger partial charge < -0.3 is 20.1 Å². The van der Waals surface area contributed by atoms with Gasteiger partial charge in [-0.15, -0.1) is 24.5 Å². The Morgan fingerprint density at radius 2 is 1.83 bits per heavy atom. The highest BCUT2D eigenvalue weighted by Crippen LogP contribution is 2.28. The van der Waals surface area contributed by atoms with Crippen molar-refractivity contribution in [2.45, 2.75) is 19.3 Å². The van der Waals surface area contributed by atoms with E-state index < -0.39 is 6.36 Å². The Kier molecular flexibility index (Phi) is 9.12. The van der Waals surface area contributed by atoms with Gasteiger partial charge in [0.05, 0.1) is 28.7 Å². The summed E-state index contributed by atoms with van der Waals surface area (Å²) in [5.41, 5.74) is 3.24. The molecule has 1 aliphatic heterocycles. The van der Waals surface area contributed by atoms with E-state index in [-0.39, 0.29) is 18.2 Å². The van der Waals surface area contributed by atoms with Gasteiger partial charge in [0, 0.05) is 38.1 Å². The Labute approximate surface area is 239 Å². The minimum atomic E-state index is -4.78. The molecular weight excluding hydrogens is 555 g/mol. The van der Waals surface area contributed by atoms with Crippen molar-refractivity contribution < 1.29 is 27.4 Å². The number of carbonyl (C=O) groups is 1. The summed E-state index contributed by atoms with van der Waals surface area (Å²) in [6, 6.07) is 18.9. The molecule has 2 aromatic heterocycles. The number of nitrogens with one attached hydrogen (secondary N) is 2. The third-order valence-corrected chi connectivity index (χ3v) is 7.43. The number of nitrogens with zero attached hydrogens (tertiary/aromatic N) is 3. The molecule has 1 fully saturated rings. The monoisotopic (exact) mass is 583 g/mol. The van der Waals surface area contributed by atoms with Crippen LogP contribution in [0.5, 0.6) is 5.75 Å². The Morgan fingerprint density at radius 1 is 1.02 bits per heavy atom. The summed E-state index contributed by atoms with van der Waals surface area (Å²) in [7, 11) is 0. The van der Waals surface area contributed by atoms with E-state index in [1.165, 1.54) is 35.1 Å². The highest BCUT2D eigenvalue weighted by molar-refractivity contribution is 7.17. The van der Waals surface area contributed by atoms with Crippen LogP contribution in [0, 0.1) is 0 Å². The van der Waals surface area contributed by atoms with Gasteiger partial charge in [0.1, 0.15) is 5.75 Å². The summed E-state index contributed by atoms with van der Waals surface area (Å²) in [5.74, 6) is -0.242. The SMILES string of the molecule is O=C(NCc1cccc(OC(F)(F)F)c1)c1ccc(-c2ccnc(Nc3cccc(CCN4CCOCC4)c3)n2)s1. The van der Waals surface area contributed by atoms with Gasteiger partial charge in [-0.3, -0.25) is 9.69 Å². The molecule has 2 aromatic carbocycles. The summed E-state index contributed by atoms with van der Waals surface area (Å²) in [5, 5.41) is 6.00. The predicted molar refractivity (Wildman–Crippen MR) is 150 cm³/mol. The molecule has 8 nitrogen and oxygen atoms in total. The number of rotatable bonds is 10. The summed E-state index contributed by atoms with van der Waals surface area (Å²) in [4.78, 5) is 25.3. The lowest BCUT2D eigenvalue weighted by Gasteiger charge is -2.26. The molecule has 214 valence electrons. The third-order valence-electron chi connectivity index (χ3n) is 6.33. The van der Waals surface area contributed by atoms with Crippen molar-refractivity contribution in [1.29, 1.82) is 0 Å². The Hall–Kier alpha value is -4.00. The number of hydrogen-bond donors (Lipinski definition) is 2. The molecule has 1 aliphatic rings. The van der Waals surface area contributed by atoms with E-state index in [0.717, 1.165) is 49.8 Å². The molecule has 1 amide bonds. The molecule has 12 heteroatoms. The number of morpholine rings is 1. The zero-order valence-electron chi connectivity index (χ0n) is 22.0. The van der Waals surface area contributed by atoms with E-state index in [1.807, 2.05) is 12.1 Å². The van der Waals surface area contributed by atoms with Crippen molar-refractivity contribution >= 4 is 28.9 Å². The minimum Gasteiger partial charge on any atom is -0.406 e. The molecule has 0 spiro atoms. The quantitative estimate of drug-likeness (QED) is 0.249. The summed E-state index contributed by atoms with van der Waals surface area (Å²) in [6.07, 6.45) is -2.19. The van der Waals surface area contributed by atoms with Crippen LogP contribution in [0.15, 0.2) is 72.9 Å². The first kappa shape index (κ1) is 28.5. The fourth-order valence-electron chi connectivity index (χ4n) is 4.32. The lowest BCUT2D eigenvalue weighted by Crippen LogP contribution is -2.37. The second-order valence-electron chi connectivity index (χ2n) is 9.34. The normalized spacial score (nSPS) is 14.0. The van der Waals surface area contributed by atoms with Gasteiger partial charge in [-0.2, -0.15) is 0 Å². The topological polar surface area (TPSA) is 88.6 Å². The zero-order chi connectivity index (χ0) is 28.7. The lowest BCUT2D eigenvalue weighted by atomic mass is 10.1. The lowest BCUT2D eigenvalue weighted by molar-refractivity contribution is -0.274. The first-order valence-electron chi connectivity index (χ1n) is 13.0. The molecule has 41 heavy (non-hydrogen) atoms. The van der Waals surface area contributed by atoms with Gasteiger partial charge in [0.25, 0.3) is 5.91 Å². The number of carbonyl (C=O) groups excluding carboxylic acids is 1. The maximum atomic E-state index is 12.7. The van der Waals surface area contributed by atoms with Crippen LogP contribution in [0.4, 0.5) is 24.8 Å². The zero-order valence-corrected chi connectivity index (χ0v) is 22.8. The number of halogens is 3. The number of ether oxygens (including phenoxy) is 2. The van der Waals surface area contributed by atoms with Crippen LogP contribution in [0.25, 0.3) is 10.6 Å². The Morgan fingerprint density at radius 3 is 2.66 bits per heavy atom. The number of aromatic nitrogens is 2. The molecule has 0 aliphatic carbocycles. The van der Waals surface area contributed by atoms with E-state index in [4.69, 9.17) is 4.74 Å². The van der Waals surface area contributed by atoms with E-state index in [0.29, 0.717) is 22.1 Å². The van der Waals surface area contributed by atoms with E-state index in [1.54, 1.807) is 30.5 Å². The van der Waals surface area contributed by atoms with Gasteiger partial charge in [0.15, 0.2) is 0 Å². The second-order valence-corrected chi connectivity index (χ2v) is 10.4. The van der Waals surface area contributed by atoms with Crippen molar-refractivity contribution in [2.75, 3.05) is 38.2 Å². The smallest absolute Gasteiger partial charge is 0.406 e. The van der Waals surface area contributed by atoms with Crippen molar-refractivity contribution in [3.05, 3.63) is 88.9 Å². The number of alkyl halides is 3. The van der Waals surface area contributed by atoms with E-state index in [2.05, 4.69) is 42.4 Å². The highest BCUT2D eigenvalue weighted by atomic mass is 32.1. The van der Waals surface area contributed by atoms with Crippen LogP contribution < -0.4 is 15.4 Å². The first-order chi connectivity index (χ1) is 19.8. The van der Waals surface area contributed by atoms with Gasteiger partial charge in [-0.1, -0.05) is 24.3 Å². The standard InChI is InChI=1S/C29H28F3N5O3S/c30-29(31,32)40-23-6-2-4-21(18-23)19-34-27(38)26-8-7-25(41-26)24-9-11-33-28(36-24)35-22-5-1-3-20(17-22)10-12-37-13-15-39-16-14-37/h1-9,11,17-18H,10,12-16,19H2,(H,34,38)(H,33,35,36). The molecule has 0 saturated carbocycles. The van der Waals surface area contributed by atoms with Gasteiger partial charge in [-0.25, -0.2) is 9.97 Å². The Balaban J connectivity index is 1.18. The largest absolute Gasteiger partial charge is 0.573 e. The van der Waals surface area contributed by atoms with Crippen LogP contribution >= 0.6 is 11.3 Å². The Bertz CT molecular complexity index is 1470. The number of hydrogen-bond acceptors (Lipinski definition) is 8. The van der Waals surface area contributed by atoms with Crippen LogP contribution in [-0.2, 0) is 17.7 Å². The van der Waals surface area contributed by atoms with Crippen LogP contribution in [0.3, 0.4) is 0 Å². The van der Waals surface area contributed by atoms with Crippen LogP contribution in [0.2, 0.25) is 0 Å². The fourth-order valence-corrected chi connectivity index (χ4v) is 5.21. The van der Waals surface area contributed by atoms with Crippen LogP contribution in [-0.4, -0.2) is 60.0 Å². The fraction of sp³-hybridized carbons (Fsp3) is 0.276. The van der Waals surface area contributed by atoms with Crippen molar-refractivity contribution in [3.63, 3.8) is 0 Å². The molecule has 4 aromatic rings. The molecule has 0 radical (unpaired) electrons. The highest BCUT2D eigenvalue weighted by Gasteiger charge is 2.31. The number of anilines is 2. The molecule has 0 atom stereocenters. The second kappa shape index (κ2) is 13.1. The molecular formula is C29H28F3N5O3S. The third kappa shape index (κ3) is 8.49. The van der Waals surface area contributed by atoms with Gasteiger partial charge in [-0.05, 0) is 60.0 Å². The molecule has 0 unspecified atom stereocenters. The van der Waals surface area contributed by atoms with Crippen molar-refractivity contribution in [1.82, 2.24) is 20.2 Å². The van der Waals surface area contributed by atoms with Crippen molar-refractivity contribution in [3.8, 4) is 16.3 Å². The average molecular weight is 584 g/mol. The number of thiophene rings is 1. The maximum Gasteiger partial charge on any atom is 0.573 e. The van der Waals surface area contributed by atoms with E-state index >= 15 is 0 Å². The first-order valence-corrected chi connectivity index (χ1v) is 13.8. The summed E-state index contributed by atoms with van der Waals surface area (Å²) >= 11 is 1.26. The van der Waals surface area contributed by atoms with Gasteiger partial charge >= 0.3 is 6.36 Å². The molecule has 2 N–H and O–H groups in total. The van der Waals surface area contributed by atoms with E-state index in [9.17, 15) is 18.0 Å². The molecule has 0 bridgehead atoms. The molecule has 3 heterocycles. The summed E-state index contributed by atoms with van der Waals surface area (Å²) in [6.45, 7) is 4.51. The molecule has 5 rings (SSSR count). The summed E-state index contributed by atoms with van der Waals surface area (Å²) < 4.78 is 46.8. The molecule has 1 saturated heterocycles. The predicted octanol–water partition coefficient (Wildman–Crippen LogP) is 5.65. The average Bonchev–Trinajstić information content (AvgIpc) is 3.46. The minimum absolute atomic E-state index is 0.0498. The van der Waals surface area contributed by atoms with Crippen LogP contribution in [0.1, 0.15) is 20.8 Å². The van der Waals surface area contributed by atoms with Crippen molar-refractivity contribution in [2.24, 2.45) is 0 Å². The number of benzene rings is 2.